The number of benzodiazepines with no additional fused rings is 1. The Labute approximate surface area is 230 Å². The van der Waals surface area contributed by atoms with E-state index in [1.54, 1.807) is 11.8 Å². The molecule has 9 heteroatoms. The first-order valence-electron chi connectivity index (χ1n) is 10.1. The van der Waals surface area contributed by atoms with E-state index in [1.165, 1.54) is 0 Å². The largest absolute Gasteiger partial charge is 0.372 e. The number of likely N-dealkylation sites (N-methyl/N-ethyl adjacent to an activating group) is 1. The van der Waals surface area contributed by atoms with Gasteiger partial charge in [-0.1, -0.05) is 39.7 Å². The Bertz CT molecular complexity index is 1240. The number of fused-ring (bicyclic) bond motifs is 1. The molecule has 0 spiro atoms. The maximum atomic E-state index is 9.50. The van der Waals surface area contributed by atoms with Crippen LogP contribution in [0.25, 0.3) is 6.08 Å². The van der Waals surface area contributed by atoms with Crippen LogP contribution in [0.5, 0.6) is 0 Å². The third-order valence-corrected chi connectivity index (χ3v) is 6.88. The molecule has 176 valence electrons. The van der Waals surface area contributed by atoms with Crippen molar-refractivity contribution in [1.29, 1.82) is 5.26 Å². The highest BCUT2D eigenvalue weighted by Crippen LogP contribution is 2.28. The van der Waals surface area contributed by atoms with Crippen LogP contribution < -0.4 is 4.90 Å². The minimum absolute atomic E-state index is 0. The fraction of sp³-hybridized carbons (Fsp3) is 0.160. The van der Waals surface area contributed by atoms with Crippen molar-refractivity contribution in [2.24, 2.45) is 4.99 Å². The Kier molecular flexibility index (Phi) is 10.9. The fourth-order valence-corrected chi connectivity index (χ4v) is 4.76. The van der Waals surface area contributed by atoms with Crippen LogP contribution in [0.1, 0.15) is 22.4 Å². The molecule has 3 aromatic rings. The van der Waals surface area contributed by atoms with Crippen LogP contribution in [0, 0.1) is 11.3 Å². The number of hydrogen-bond donors (Lipinski definition) is 0. The van der Waals surface area contributed by atoms with Gasteiger partial charge in [-0.3, -0.25) is 4.99 Å². The standard InChI is InChI=1S/C25H20BrClN4S.2ClH/c1-31-13-12-29-23(22-10-5-19(26)14-24(22)31)11-9-21-8-4-18(15-28)25(30-21)32-16-17-2-6-20(27)7-3-17;;/h2-11,14H,12-13,16H2,1H3;2*1H. The molecule has 0 atom stereocenters. The van der Waals surface area contributed by atoms with Crippen molar-refractivity contribution >= 4 is 81.6 Å². The third-order valence-electron chi connectivity index (χ3n) is 5.07. The van der Waals surface area contributed by atoms with E-state index in [4.69, 9.17) is 21.6 Å². The second-order valence-corrected chi connectivity index (χ2v) is 9.62. The molecule has 4 nitrogen and oxygen atoms in total. The van der Waals surface area contributed by atoms with Gasteiger partial charge in [-0.2, -0.15) is 5.26 Å². The fourth-order valence-electron chi connectivity index (χ4n) is 3.35. The second kappa shape index (κ2) is 13.2. The Morgan fingerprint density at radius 3 is 2.62 bits per heavy atom. The number of aliphatic imine (C=N–C) groups is 1. The predicted molar refractivity (Wildman–Crippen MR) is 152 cm³/mol. The van der Waals surface area contributed by atoms with Crippen molar-refractivity contribution in [2.45, 2.75) is 10.8 Å². The van der Waals surface area contributed by atoms with Gasteiger partial charge in [0.25, 0.3) is 0 Å². The number of aromatic nitrogens is 1. The molecule has 2 heterocycles. The summed E-state index contributed by atoms with van der Waals surface area (Å²) in [4.78, 5) is 11.7. The summed E-state index contributed by atoms with van der Waals surface area (Å²) >= 11 is 11.1. The lowest BCUT2D eigenvalue weighted by molar-refractivity contribution is 0.896. The monoisotopic (exact) mass is 594 g/mol. The number of nitriles is 1. The highest BCUT2D eigenvalue weighted by Gasteiger charge is 2.15. The van der Waals surface area contributed by atoms with E-state index in [-0.39, 0.29) is 24.8 Å². The summed E-state index contributed by atoms with van der Waals surface area (Å²) in [6.45, 7) is 1.59. The normalized spacial score (nSPS) is 12.6. The number of anilines is 1. The number of hydrogen-bond acceptors (Lipinski definition) is 5. The lowest BCUT2D eigenvalue weighted by Crippen LogP contribution is -2.20. The first-order chi connectivity index (χ1) is 15.5. The van der Waals surface area contributed by atoms with Crippen molar-refractivity contribution in [3.63, 3.8) is 0 Å². The SMILES string of the molecule is CN1CCN=C(C=Cc2ccc(C#N)c(SCc3ccc(Cl)cc3)n2)c2ccc(Br)cc21.Cl.Cl. The van der Waals surface area contributed by atoms with E-state index in [0.29, 0.717) is 16.3 Å². The van der Waals surface area contributed by atoms with Gasteiger partial charge in [-0.25, -0.2) is 4.98 Å². The van der Waals surface area contributed by atoms with Gasteiger partial charge in [0.1, 0.15) is 11.1 Å². The summed E-state index contributed by atoms with van der Waals surface area (Å²) in [5.74, 6) is 0.716. The Morgan fingerprint density at radius 2 is 1.88 bits per heavy atom. The van der Waals surface area contributed by atoms with Crippen molar-refractivity contribution in [1.82, 2.24) is 4.98 Å². The molecule has 1 aliphatic rings. The third kappa shape index (κ3) is 7.00. The molecule has 0 saturated carbocycles. The molecule has 0 saturated heterocycles. The predicted octanol–water partition coefficient (Wildman–Crippen LogP) is 7.46. The molecule has 0 aliphatic carbocycles. The zero-order valence-electron chi connectivity index (χ0n) is 18.2. The Hall–Kier alpha value is -2.01. The van der Waals surface area contributed by atoms with Crippen molar-refractivity contribution in [3.8, 4) is 6.07 Å². The van der Waals surface area contributed by atoms with Crippen LogP contribution >= 0.6 is 64.1 Å². The Morgan fingerprint density at radius 1 is 1.12 bits per heavy atom. The van der Waals surface area contributed by atoms with Gasteiger partial charge in [-0.15, -0.1) is 36.6 Å². The average molecular weight is 597 g/mol. The zero-order valence-corrected chi connectivity index (χ0v) is 23.0. The van der Waals surface area contributed by atoms with Gasteiger partial charge in [0.05, 0.1) is 23.5 Å². The number of nitrogens with zero attached hydrogens (tertiary/aromatic N) is 4. The van der Waals surface area contributed by atoms with E-state index in [9.17, 15) is 5.26 Å². The van der Waals surface area contributed by atoms with Gasteiger partial charge >= 0.3 is 0 Å². The number of pyridine rings is 1. The lowest BCUT2D eigenvalue weighted by atomic mass is 10.1. The number of thioether (sulfide) groups is 1. The van der Waals surface area contributed by atoms with E-state index in [1.807, 2.05) is 54.6 Å². The summed E-state index contributed by atoms with van der Waals surface area (Å²) in [6.07, 6.45) is 3.97. The minimum Gasteiger partial charge on any atom is -0.372 e. The van der Waals surface area contributed by atoms with Gasteiger partial charge < -0.3 is 4.90 Å². The number of allylic oxidation sites excluding steroid dienone is 1. The van der Waals surface area contributed by atoms with Crippen molar-refractivity contribution in [2.75, 3.05) is 25.0 Å². The van der Waals surface area contributed by atoms with Crippen LogP contribution in [0.3, 0.4) is 0 Å². The van der Waals surface area contributed by atoms with Gasteiger partial charge in [-0.05, 0) is 60.2 Å². The maximum Gasteiger partial charge on any atom is 0.115 e. The van der Waals surface area contributed by atoms with Gasteiger partial charge in [0.2, 0.25) is 0 Å². The average Bonchev–Trinajstić information content (AvgIpc) is 2.95. The van der Waals surface area contributed by atoms with E-state index in [2.05, 4.69) is 46.1 Å². The molecule has 4 rings (SSSR count). The highest BCUT2D eigenvalue weighted by molar-refractivity contribution is 9.10. The van der Waals surface area contributed by atoms with Crippen LogP contribution in [-0.4, -0.2) is 30.8 Å². The van der Waals surface area contributed by atoms with Crippen LogP contribution in [0.4, 0.5) is 5.69 Å². The molecule has 1 aliphatic heterocycles. The minimum atomic E-state index is 0. The highest BCUT2D eigenvalue weighted by atomic mass is 79.9. The first kappa shape index (κ1) is 28.2. The molecule has 0 unspecified atom stereocenters. The summed E-state index contributed by atoms with van der Waals surface area (Å²) in [6, 6.07) is 19.9. The molecular weight excluding hydrogens is 575 g/mol. The summed E-state index contributed by atoms with van der Waals surface area (Å²) in [5.41, 5.74) is 5.66. The first-order valence-corrected chi connectivity index (χ1v) is 12.2. The molecular formula is C25H22BrCl3N4S. The van der Waals surface area contributed by atoms with Crippen molar-refractivity contribution < 1.29 is 0 Å². The number of benzene rings is 2. The second-order valence-electron chi connectivity index (χ2n) is 7.30. The van der Waals surface area contributed by atoms with Crippen LogP contribution in [-0.2, 0) is 5.75 Å². The summed E-state index contributed by atoms with van der Waals surface area (Å²) in [5, 5.41) is 10.9. The van der Waals surface area contributed by atoms with E-state index >= 15 is 0 Å². The lowest BCUT2D eigenvalue weighted by Gasteiger charge is -2.19. The van der Waals surface area contributed by atoms with Gasteiger partial charge in [0.15, 0.2) is 0 Å². The molecule has 1 aromatic heterocycles. The number of halogens is 4. The molecule has 2 aromatic carbocycles. The quantitative estimate of drug-likeness (QED) is 0.287. The summed E-state index contributed by atoms with van der Waals surface area (Å²) in [7, 11) is 2.08. The number of rotatable bonds is 5. The van der Waals surface area contributed by atoms with Gasteiger partial charge in [0, 0.05) is 40.1 Å². The van der Waals surface area contributed by atoms with Crippen LogP contribution in [0.15, 0.2) is 75.2 Å². The van der Waals surface area contributed by atoms with E-state index < -0.39 is 0 Å². The molecule has 0 bridgehead atoms. The molecule has 0 radical (unpaired) electrons. The van der Waals surface area contributed by atoms with E-state index in [0.717, 1.165) is 50.8 Å². The topological polar surface area (TPSA) is 52.3 Å². The molecule has 34 heavy (non-hydrogen) atoms. The molecule has 0 fully saturated rings. The molecule has 0 N–H and O–H groups in total. The zero-order chi connectivity index (χ0) is 22.5. The van der Waals surface area contributed by atoms with Crippen molar-refractivity contribution in [3.05, 3.63) is 92.6 Å². The van der Waals surface area contributed by atoms with Crippen LogP contribution in [0.2, 0.25) is 5.02 Å². The Balaban J connectivity index is 0.00000204. The molecule has 0 amide bonds. The maximum absolute atomic E-state index is 9.50. The smallest absolute Gasteiger partial charge is 0.115 e. The summed E-state index contributed by atoms with van der Waals surface area (Å²) < 4.78 is 1.05.